The highest BCUT2D eigenvalue weighted by molar-refractivity contribution is 5.95. The van der Waals surface area contributed by atoms with Crippen LogP contribution in [-0.4, -0.2) is 24.2 Å². The number of benzene rings is 1. The fourth-order valence-electron chi connectivity index (χ4n) is 1.68. The first-order chi connectivity index (χ1) is 7.18. The number of aromatic carboxylic acids is 1. The van der Waals surface area contributed by atoms with Crippen molar-refractivity contribution in [3.63, 3.8) is 0 Å². The maximum absolute atomic E-state index is 11.0. The van der Waals surface area contributed by atoms with E-state index in [0.717, 1.165) is 18.8 Å². The highest BCUT2D eigenvalue weighted by Gasteiger charge is 2.16. The summed E-state index contributed by atoms with van der Waals surface area (Å²) in [5.41, 5.74) is 7.03. The zero-order valence-electron chi connectivity index (χ0n) is 8.18. The average Bonchev–Trinajstić information content (AvgIpc) is 2.70. The van der Waals surface area contributed by atoms with Crippen LogP contribution < -0.4 is 10.6 Å². The van der Waals surface area contributed by atoms with Gasteiger partial charge in [0.15, 0.2) is 0 Å². The van der Waals surface area contributed by atoms with Gasteiger partial charge in [0, 0.05) is 18.8 Å². The van der Waals surface area contributed by atoms with E-state index in [9.17, 15) is 4.79 Å². The molecule has 1 aromatic rings. The molecule has 1 heterocycles. The number of carboxylic acid groups (broad SMARTS) is 1. The minimum atomic E-state index is -0.941. The summed E-state index contributed by atoms with van der Waals surface area (Å²) in [4.78, 5) is 13.0. The van der Waals surface area contributed by atoms with Crippen molar-refractivity contribution in [2.45, 2.75) is 0 Å². The van der Waals surface area contributed by atoms with E-state index >= 15 is 0 Å². The molecular formula is C11H12N2O2. The summed E-state index contributed by atoms with van der Waals surface area (Å²) in [5, 5.41) is 9.05. The van der Waals surface area contributed by atoms with Gasteiger partial charge in [0.1, 0.15) is 0 Å². The van der Waals surface area contributed by atoms with E-state index in [1.807, 2.05) is 17.1 Å². The number of hydrogen-bond donors (Lipinski definition) is 2. The van der Waals surface area contributed by atoms with Crippen LogP contribution in [0.1, 0.15) is 10.4 Å². The Kier molecular flexibility index (Phi) is 2.33. The fourth-order valence-corrected chi connectivity index (χ4v) is 1.68. The minimum absolute atomic E-state index is 0.263. The molecular weight excluding hydrogens is 192 g/mol. The maximum atomic E-state index is 11.0. The van der Waals surface area contributed by atoms with E-state index in [1.54, 1.807) is 12.1 Å². The first-order valence-electron chi connectivity index (χ1n) is 4.71. The van der Waals surface area contributed by atoms with Gasteiger partial charge in [-0.05, 0) is 18.2 Å². The standard InChI is InChI=1S/C11H12N2O2/c12-8-3-4-10(9(7-8)11(14)15)13-5-1-2-6-13/h1-4,7H,5-6,12H2,(H,14,15). The van der Waals surface area contributed by atoms with Gasteiger partial charge >= 0.3 is 5.97 Å². The SMILES string of the molecule is Nc1ccc(N2CC=CC2)c(C(=O)O)c1. The summed E-state index contributed by atoms with van der Waals surface area (Å²) in [6.45, 7) is 1.51. The van der Waals surface area contributed by atoms with Gasteiger partial charge in [-0.1, -0.05) is 12.2 Å². The molecule has 0 fully saturated rings. The normalized spacial score (nSPS) is 14.5. The number of nitrogens with two attached hydrogens (primary N) is 1. The summed E-state index contributed by atoms with van der Waals surface area (Å²) < 4.78 is 0. The summed E-state index contributed by atoms with van der Waals surface area (Å²) >= 11 is 0. The summed E-state index contributed by atoms with van der Waals surface area (Å²) in [6.07, 6.45) is 4.03. The van der Waals surface area contributed by atoms with Crippen molar-refractivity contribution >= 4 is 17.3 Å². The molecule has 0 radical (unpaired) electrons. The molecule has 0 amide bonds. The molecule has 1 aliphatic rings. The van der Waals surface area contributed by atoms with Crippen molar-refractivity contribution in [3.8, 4) is 0 Å². The van der Waals surface area contributed by atoms with Gasteiger partial charge in [-0.15, -0.1) is 0 Å². The lowest BCUT2D eigenvalue weighted by Gasteiger charge is -2.20. The van der Waals surface area contributed by atoms with Crippen LogP contribution in [0.2, 0.25) is 0 Å². The molecule has 15 heavy (non-hydrogen) atoms. The molecule has 0 aliphatic carbocycles. The van der Waals surface area contributed by atoms with Crippen molar-refractivity contribution in [2.75, 3.05) is 23.7 Å². The third kappa shape index (κ3) is 1.79. The molecule has 78 valence electrons. The Hall–Kier alpha value is -1.97. The Balaban J connectivity index is 2.41. The molecule has 2 rings (SSSR count). The second-order valence-electron chi connectivity index (χ2n) is 3.46. The van der Waals surface area contributed by atoms with Crippen LogP contribution in [-0.2, 0) is 0 Å². The second kappa shape index (κ2) is 3.65. The molecule has 0 unspecified atom stereocenters. The van der Waals surface area contributed by atoms with Gasteiger partial charge in [-0.3, -0.25) is 0 Å². The van der Waals surface area contributed by atoms with E-state index in [4.69, 9.17) is 10.8 Å². The van der Waals surface area contributed by atoms with Crippen LogP contribution in [0.4, 0.5) is 11.4 Å². The molecule has 0 bridgehead atoms. The molecule has 3 N–H and O–H groups in total. The molecule has 4 nitrogen and oxygen atoms in total. The van der Waals surface area contributed by atoms with Crippen molar-refractivity contribution in [2.24, 2.45) is 0 Å². The Labute approximate surface area is 87.6 Å². The van der Waals surface area contributed by atoms with Gasteiger partial charge in [0.2, 0.25) is 0 Å². The average molecular weight is 204 g/mol. The molecule has 0 saturated carbocycles. The Morgan fingerprint density at radius 2 is 2.00 bits per heavy atom. The van der Waals surface area contributed by atoms with E-state index in [0.29, 0.717) is 5.69 Å². The predicted octanol–water partition coefficient (Wildman–Crippen LogP) is 1.34. The van der Waals surface area contributed by atoms with Crippen LogP contribution in [0.25, 0.3) is 0 Å². The Bertz CT molecular complexity index is 419. The monoisotopic (exact) mass is 204 g/mol. The molecule has 0 atom stereocenters. The highest BCUT2D eigenvalue weighted by atomic mass is 16.4. The smallest absolute Gasteiger partial charge is 0.337 e. The first-order valence-corrected chi connectivity index (χ1v) is 4.71. The van der Waals surface area contributed by atoms with Crippen LogP contribution in [0, 0.1) is 0 Å². The van der Waals surface area contributed by atoms with Crippen molar-refractivity contribution in [1.82, 2.24) is 0 Å². The molecule has 0 aromatic heterocycles. The first kappa shape index (κ1) is 9.58. The van der Waals surface area contributed by atoms with Crippen molar-refractivity contribution < 1.29 is 9.90 Å². The molecule has 0 spiro atoms. The number of nitrogen functional groups attached to an aromatic ring is 1. The highest BCUT2D eigenvalue weighted by Crippen LogP contribution is 2.24. The largest absolute Gasteiger partial charge is 0.478 e. The molecule has 1 aromatic carbocycles. The molecule has 1 aliphatic heterocycles. The molecule has 4 heteroatoms. The van der Waals surface area contributed by atoms with Gasteiger partial charge in [-0.25, -0.2) is 4.79 Å². The zero-order chi connectivity index (χ0) is 10.8. The summed E-state index contributed by atoms with van der Waals surface area (Å²) in [5.74, 6) is -0.941. The number of carbonyl (C=O) groups is 1. The van der Waals surface area contributed by atoms with Crippen molar-refractivity contribution in [3.05, 3.63) is 35.9 Å². The Morgan fingerprint density at radius 1 is 1.33 bits per heavy atom. The maximum Gasteiger partial charge on any atom is 0.337 e. The third-order valence-electron chi connectivity index (χ3n) is 2.41. The lowest BCUT2D eigenvalue weighted by atomic mass is 10.1. The number of anilines is 2. The number of carboxylic acids is 1. The van der Waals surface area contributed by atoms with Crippen LogP contribution in [0.15, 0.2) is 30.4 Å². The van der Waals surface area contributed by atoms with Crippen LogP contribution in [0.3, 0.4) is 0 Å². The van der Waals surface area contributed by atoms with Gasteiger partial charge < -0.3 is 15.7 Å². The summed E-state index contributed by atoms with van der Waals surface area (Å²) in [7, 11) is 0. The lowest BCUT2D eigenvalue weighted by molar-refractivity contribution is 0.0697. The van der Waals surface area contributed by atoms with E-state index in [2.05, 4.69) is 0 Å². The van der Waals surface area contributed by atoms with E-state index < -0.39 is 5.97 Å². The molecule has 0 saturated heterocycles. The Morgan fingerprint density at radius 3 is 2.60 bits per heavy atom. The van der Waals surface area contributed by atoms with Crippen molar-refractivity contribution in [1.29, 1.82) is 0 Å². The van der Waals surface area contributed by atoms with Gasteiger partial charge in [0.05, 0.1) is 11.3 Å². The minimum Gasteiger partial charge on any atom is -0.478 e. The fraction of sp³-hybridized carbons (Fsp3) is 0.182. The van der Waals surface area contributed by atoms with E-state index in [-0.39, 0.29) is 5.56 Å². The zero-order valence-corrected chi connectivity index (χ0v) is 8.18. The quantitative estimate of drug-likeness (QED) is 0.563. The van der Waals surface area contributed by atoms with Gasteiger partial charge in [0.25, 0.3) is 0 Å². The number of nitrogens with zero attached hydrogens (tertiary/aromatic N) is 1. The van der Waals surface area contributed by atoms with Gasteiger partial charge in [-0.2, -0.15) is 0 Å². The number of hydrogen-bond acceptors (Lipinski definition) is 3. The predicted molar refractivity (Wildman–Crippen MR) is 59.2 cm³/mol. The summed E-state index contributed by atoms with van der Waals surface area (Å²) in [6, 6.07) is 4.97. The third-order valence-corrected chi connectivity index (χ3v) is 2.41. The lowest BCUT2D eigenvalue weighted by Crippen LogP contribution is -2.21. The topological polar surface area (TPSA) is 66.6 Å². The van der Waals surface area contributed by atoms with Crippen LogP contribution >= 0.6 is 0 Å². The second-order valence-corrected chi connectivity index (χ2v) is 3.46. The van der Waals surface area contributed by atoms with E-state index in [1.165, 1.54) is 6.07 Å². The van der Waals surface area contributed by atoms with Crippen LogP contribution in [0.5, 0.6) is 0 Å². The number of rotatable bonds is 2.